The first-order valence-electron chi connectivity index (χ1n) is 10.7. The summed E-state index contributed by atoms with van der Waals surface area (Å²) in [7, 11) is 1.53. The molecule has 2 N–H and O–H groups in total. The van der Waals surface area contributed by atoms with Gasteiger partial charge in [0.15, 0.2) is 6.10 Å². The minimum absolute atomic E-state index is 0.330. The van der Waals surface area contributed by atoms with E-state index in [4.69, 9.17) is 9.47 Å². The molecule has 7 heteroatoms. The highest BCUT2D eigenvalue weighted by Crippen LogP contribution is 2.24. The number of para-hydroxylation sites is 2. The molecule has 4 rings (SSSR count). The molecule has 4 aromatic rings. The van der Waals surface area contributed by atoms with Crippen LogP contribution in [0.3, 0.4) is 0 Å². The molecule has 0 aliphatic carbocycles. The van der Waals surface area contributed by atoms with Crippen molar-refractivity contribution in [2.24, 2.45) is 0 Å². The van der Waals surface area contributed by atoms with Crippen molar-refractivity contribution in [1.29, 1.82) is 0 Å². The average molecular weight is 444 g/mol. The molecule has 0 radical (unpaired) electrons. The predicted molar refractivity (Wildman–Crippen MR) is 127 cm³/mol. The number of imidazole rings is 1. The molecule has 0 saturated heterocycles. The third-order valence-corrected chi connectivity index (χ3v) is 5.32. The number of carbonyl (C=O) groups excluding carboxylic acids is 2. The lowest BCUT2D eigenvalue weighted by molar-refractivity contribution is -0.124. The van der Waals surface area contributed by atoms with Crippen LogP contribution in [0.15, 0.2) is 66.7 Å². The van der Waals surface area contributed by atoms with Gasteiger partial charge in [0.2, 0.25) is 0 Å². The summed E-state index contributed by atoms with van der Waals surface area (Å²) in [6.07, 6.45) is -0.612. The Morgan fingerprint density at radius 2 is 1.82 bits per heavy atom. The summed E-state index contributed by atoms with van der Waals surface area (Å²) in [6.45, 7) is 3.81. The number of aromatic amines is 1. The number of ether oxygens (including phenoxy) is 2. The molecule has 1 amide bonds. The van der Waals surface area contributed by atoms with Crippen LogP contribution in [0.4, 0.5) is 5.69 Å². The van der Waals surface area contributed by atoms with Crippen molar-refractivity contribution < 1.29 is 19.1 Å². The van der Waals surface area contributed by atoms with E-state index in [1.165, 1.54) is 12.7 Å². The Balaban J connectivity index is 1.49. The molecule has 1 aromatic heterocycles. The minimum atomic E-state index is -0.942. The van der Waals surface area contributed by atoms with Crippen molar-refractivity contribution in [3.8, 4) is 17.1 Å². The van der Waals surface area contributed by atoms with Gasteiger partial charge in [0.1, 0.15) is 11.6 Å². The van der Waals surface area contributed by atoms with Gasteiger partial charge in [0.05, 0.1) is 29.4 Å². The van der Waals surface area contributed by atoms with Gasteiger partial charge in [-0.25, -0.2) is 9.78 Å². The van der Waals surface area contributed by atoms with Crippen molar-refractivity contribution in [3.63, 3.8) is 0 Å². The van der Waals surface area contributed by atoms with Gasteiger partial charge in [-0.2, -0.15) is 0 Å². The third kappa shape index (κ3) is 4.87. The zero-order valence-electron chi connectivity index (χ0n) is 18.7. The molecule has 0 bridgehead atoms. The molecule has 0 spiro atoms. The van der Waals surface area contributed by atoms with Crippen LogP contribution in [0.2, 0.25) is 0 Å². The van der Waals surface area contributed by atoms with E-state index in [1.54, 1.807) is 43.3 Å². The number of hydrogen-bond donors (Lipinski definition) is 2. The third-order valence-electron chi connectivity index (χ3n) is 5.32. The van der Waals surface area contributed by atoms with Crippen molar-refractivity contribution in [2.45, 2.75) is 26.4 Å². The zero-order valence-corrected chi connectivity index (χ0v) is 18.7. The number of carbonyl (C=O) groups is 2. The quantitative estimate of drug-likeness (QED) is 0.387. The van der Waals surface area contributed by atoms with Crippen LogP contribution in [0.1, 0.15) is 29.3 Å². The van der Waals surface area contributed by atoms with Crippen LogP contribution in [0, 0.1) is 6.92 Å². The Hall–Kier alpha value is -4.13. The first kappa shape index (κ1) is 22.1. The van der Waals surface area contributed by atoms with Gasteiger partial charge in [-0.05, 0) is 43.7 Å². The molecule has 7 nitrogen and oxygen atoms in total. The molecule has 0 aliphatic heterocycles. The second-order valence-electron chi connectivity index (χ2n) is 7.68. The smallest absolute Gasteiger partial charge is 0.338 e. The summed E-state index contributed by atoms with van der Waals surface area (Å²) in [4.78, 5) is 33.4. The number of aromatic nitrogens is 2. The fraction of sp³-hybridized carbons (Fsp3) is 0.192. The number of hydrogen-bond acceptors (Lipinski definition) is 5. The highest BCUT2D eigenvalue weighted by atomic mass is 16.5. The molecule has 1 atom stereocenters. The molecule has 1 heterocycles. The van der Waals surface area contributed by atoms with Gasteiger partial charge < -0.3 is 19.8 Å². The number of rotatable bonds is 7. The summed E-state index contributed by atoms with van der Waals surface area (Å²) in [5.74, 6) is 0.254. The molecular formula is C26H25N3O4. The van der Waals surface area contributed by atoms with Gasteiger partial charge in [-0.3, -0.25) is 4.79 Å². The number of nitrogens with one attached hydrogen (secondary N) is 2. The number of methoxy groups -OCH3 is 1. The summed E-state index contributed by atoms with van der Waals surface area (Å²) in [5.41, 5.74) is 4.43. The van der Waals surface area contributed by atoms with E-state index in [9.17, 15) is 9.59 Å². The van der Waals surface area contributed by atoms with Gasteiger partial charge in [-0.1, -0.05) is 48.9 Å². The Kier molecular flexibility index (Phi) is 6.40. The van der Waals surface area contributed by atoms with E-state index in [0.717, 1.165) is 16.9 Å². The zero-order chi connectivity index (χ0) is 23.4. The van der Waals surface area contributed by atoms with Crippen molar-refractivity contribution in [3.05, 3.63) is 77.9 Å². The van der Waals surface area contributed by atoms with Crippen molar-refractivity contribution in [2.75, 3.05) is 12.4 Å². The number of amides is 1. The van der Waals surface area contributed by atoms with Gasteiger partial charge in [0, 0.05) is 5.56 Å². The van der Waals surface area contributed by atoms with E-state index in [1.807, 2.05) is 37.3 Å². The summed E-state index contributed by atoms with van der Waals surface area (Å²) in [5, 5.41) is 2.77. The monoisotopic (exact) mass is 443 g/mol. The van der Waals surface area contributed by atoms with Crippen LogP contribution < -0.4 is 10.1 Å². The first-order valence-corrected chi connectivity index (χ1v) is 10.7. The number of nitrogens with zero attached hydrogens (tertiary/aromatic N) is 1. The lowest BCUT2D eigenvalue weighted by atomic mass is 10.1. The fourth-order valence-corrected chi connectivity index (χ4v) is 3.47. The maximum atomic E-state index is 12.8. The van der Waals surface area contributed by atoms with Crippen molar-refractivity contribution in [1.82, 2.24) is 9.97 Å². The maximum absolute atomic E-state index is 12.8. The normalized spacial score (nSPS) is 11.7. The van der Waals surface area contributed by atoms with E-state index < -0.39 is 18.0 Å². The molecular weight excluding hydrogens is 418 g/mol. The lowest BCUT2D eigenvalue weighted by Gasteiger charge is -2.17. The number of aryl methyl sites for hydroxylation is 1. The van der Waals surface area contributed by atoms with Gasteiger partial charge >= 0.3 is 5.97 Å². The topological polar surface area (TPSA) is 93.3 Å². The molecule has 33 heavy (non-hydrogen) atoms. The van der Waals surface area contributed by atoms with Crippen molar-refractivity contribution >= 4 is 28.6 Å². The fourth-order valence-electron chi connectivity index (χ4n) is 3.47. The summed E-state index contributed by atoms with van der Waals surface area (Å²) in [6, 6.07) is 20.2. The van der Waals surface area contributed by atoms with Crippen LogP contribution in [-0.2, 0) is 9.53 Å². The Morgan fingerprint density at radius 1 is 1.06 bits per heavy atom. The Morgan fingerprint density at radius 3 is 2.55 bits per heavy atom. The van der Waals surface area contributed by atoms with Gasteiger partial charge in [0.25, 0.3) is 5.91 Å². The highest BCUT2D eigenvalue weighted by molar-refractivity contribution is 5.99. The molecule has 3 aromatic carbocycles. The van der Waals surface area contributed by atoms with Crippen LogP contribution >= 0.6 is 0 Å². The number of anilines is 1. The van der Waals surface area contributed by atoms with E-state index in [-0.39, 0.29) is 0 Å². The summed E-state index contributed by atoms with van der Waals surface area (Å²) < 4.78 is 10.8. The number of fused-ring (bicyclic) bond motifs is 1. The molecule has 0 aliphatic rings. The van der Waals surface area contributed by atoms with Crippen LogP contribution in [0.25, 0.3) is 22.4 Å². The maximum Gasteiger partial charge on any atom is 0.338 e. The SMILES string of the molecule is CCC(OC(=O)c1ccc2nc(-c3ccc(C)cc3)[nH]c2c1)C(=O)Nc1ccccc1OC. The van der Waals surface area contributed by atoms with E-state index >= 15 is 0 Å². The lowest BCUT2D eigenvalue weighted by Crippen LogP contribution is -2.32. The summed E-state index contributed by atoms with van der Waals surface area (Å²) >= 11 is 0. The largest absolute Gasteiger partial charge is 0.495 e. The first-order chi connectivity index (χ1) is 16.0. The van der Waals surface area contributed by atoms with Gasteiger partial charge in [-0.15, -0.1) is 0 Å². The molecule has 168 valence electrons. The molecule has 0 saturated carbocycles. The minimum Gasteiger partial charge on any atom is -0.495 e. The van der Waals surface area contributed by atoms with E-state index in [0.29, 0.717) is 28.9 Å². The standard InChI is InChI=1S/C26H25N3O4/c1-4-22(25(30)29-20-7-5-6-8-23(20)32-3)33-26(31)18-13-14-19-21(15-18)28-24(27-19)17-11-9-16(2)10-12-17/h5-15,22H,4H2,1-3H3,(H,27,28)(H,29,30). The molecule has 1 unspecified atom stereocenters. The highest BCUT2D eigenvalue weighted by Gasteiger charge is 2.23. The number of esters is 1. The second-order valence-corrected chi connectivity index (χ2v) is 7.68. The second kappa shape index (κ2) is 9.56. The average Bonchev–Trinajstić information content (AvgIpc) is 3.26. The number of benzene rings is 3. The Bertz CT molecular complexity index is 1290. The Labute approximate surface area is 191 Å². The van der Waals surface area contributed by atoms with E-state index in [2.05, 4.69) is 15.3 Å². The van der Waals surface area contributed by atoms with Crippen LogP contribution in [-0.4, -0.2) is 35.1 Å². The molecule has 0 fully saturated rings. The number of H-pyrrole nitrogens is 1. The van der Waals surface area contributed by atoms with Crippen LogP contribution in [0.5, 0.6) is 5.75 Å². The predicted octanol–water partition coefficient (Wildman–Crippen LogP) is 5.12.